The highest BCUT2D eigenvalue weighted by Gasteiger charge is 2.28. The zero-order chi connectivity index (χ0) is 26.6. The fourth-order valence-corrected chi connectivity index (χ4v) is 5.11. The number of urea groups is 1. The van der Waals surface area contributed by atoms with E-state index in [1.165, 1.54) is 6.07 Å². The van der Waals surface area contributed by atoms with Crippen LogP contribution in [0.15, 0.2) is 42.6 Å². The standard InChI is InChI=1S/C28H33FN6O3/c1-19(26-32-31-25-8-3-4-10-35(25)26)6-5-7-20(2)30-27(36)23-16-22-18-34(11-9-21(22)17-24(23)29)28(37)33-12-14-38-15-13-33/h5-7,16-17H,2-4,8-15,18H2,1H3,(H,30,36)/b7-5-,19-6+. The molecule has 1 fully saturated rings. The van der Waals surface area contributed by atoms with Crippen LogP contribution in [-0.2, 0) is 30.7 Å². The van der Waals surface area contributed by atoms with Crippen LogP contribution in [0.5, 0.6) is 0 Å². The van der Waals surface area contributed by atoms with E-state index in [2.05, 4.69) is 26.7 Å². The number of hydrogen-bond donors (Lipinski definition) is 1. The number of morpholine rings is 1. The molecule has 3 aliphatic heterocycles. The van der Waals surface area contributed by atoms with Crippen molar-refractivity contribution in [1.82, 2.24) is 29.9 Å². The Kier molecular flexibility index (Phi) is 7.69. The zero-order valence-electron chi connectivity index (χ0n) is 21.7. The molecule has 5 rings (SSSR count). The summed E-state index contributed by atoms with van der Waals surface area (Å²) in [7, 11) is 0. The molecule has 1 N–H and O–H groups in total. The predicted molar refractivity (Wildman–Crippen MR) is 141 cm³/mol. The Morgan fingerprint density at radius 2 is 1.87 bits per heavy atom. The number of carbonyl (C=O) groups is 2. The van der Waals surface area contributed by atoms with Crippen LogP contribution in [-0.4, -0.2) is 69.4 Å². The second-order valence-corrected chi connectivity index (χ2v) is 9.89. The average molecular weight is 521 g/mol. The molecule has 200 valence electrons. The van der Waals surface area contributed by atoms with Gasteiger partial charge in [0.25, 0.3) is 5.91 Å². The molecule has 3 amide bonds. The molecule has 1 aromatic carbocycles. The number of amides is 3. The van der Waals surface area contributed by atoms with Crippen molar-refractivity contribution in [2.75, 3.05) is 32.8 Å². The van der Waals surface area contributed by atoms with Gasteiger partial charge in [0, 0.05) is 44.8 Å². The molecule has 10 heteroatoms. The molecule has 1 saturated heterocycles. The molecule has 0 radical (unpaired) electrons. The normalized spacial score (nSPS) is 17.8. The van der Waals surface area contributed by atoms with Gasteiger partial charge in [0.15, 0.2) is 5.82 Å². The topological polar surface area (TPSA) is 92.6 Å². The van der Waals surface area contributed by atoms with E-state index >= 15 is 0 Å². The van der Waals surface area contributed by atoms with Gasteiger partial charge in [-0.1, -0.05) is 18.7 Å². The van der Waals surface area contributed by atoms with Crippen LogP contribution >= 0.6 is 0 Å². The first-order valence-electron chi connectivity index (χ1n) is 13.1. The van der Waals surface area contributed by atoms with Crippen molar-refractivity contribution >= 4 is 17.5 Å². The van der Waals surface area contributed by atoms with Crippen molar-refractivity contribution in [3.8, 4) is 0 Å². The number of nitrogens with zero attached hydrogens (tertiary/aromatic N) is 5. The van der Waals surface area contributed by atoms with Crippen LogP contribution in [0.3, 0.4) is 0 Å². The molecule has 0 atom stereocenters. The van der Waals surface area contributed by atoms with E-state index in [4.69, 9.17) is 4.74 Å². The third-order valence-corrected chi connectivity index (χ3v) is 7.23. The summed E-state index contributed by atoms with van der Waals surface area (Å²) in [6.07, 6.45) is 9.07. The Balaban J connectivity index is 1.22. The Bertz CT molecular complexity index is 1310. The number of carbonyl (C=O) groups excluding carboxylic acids is 2. The lowest BCUT2D eigenvalue weighted by molar-refractivity contribution is 0.0421. The van der Waals surface area contributed by atoms with Crippen LogP contribution in [0.25, 0.3) is 5.57 Å². The number of benzene rings is 1. The Labute approximate surface area is 221 Å². The van der Waals surface area contributed by atoms with Gasteiger partial charge in [0.1, 0.15) is 11.6 Å². The molecule has 0 bridgehead atoms. The number of hydrogen-bond acceptors (Lipinski definition) is 5. The number of aromatic nitrogens is 3. The van der Waals surface area contributed by atoms with Crippen LogP contribution in [0, 0.1) is 5.82 Å². The molecule has 38 heavy (non-hydrogen) atoms. The maximum absolute atomic E-state index is 14.8. The average Bonchev–Trinajstić information content (AvgIpc) is 3.37. The maximum atomic E-state index is 14.8. The molecular weight excluding hydrogens is 487 g/mol. The Morgan fingerprint density at radius 3 is 2.68 bits per heavy atom. The summed E-state index contributed by atoms with van der Waals surface area (Å²) in [5, 5.41) is 11.3. The molecule has 0 spiro atoms. The number of ether oxygens (including phenoxy) is 1. The minimum atomic E-state index is -0.585. The van der Waals surface area contributed by atoms with E-state index in [-0.39, 0.29) is 11.6 Å². The van der Waals surface area contributed by atoms with Crippen LogP contribution in [0.2, 0.25) is 0 Å². The number of fused-ring (bicyclic) bond motifs is 2. The number of rotatable bonds is 5. The first-order chi connectivity index (χ1) is 18.4. The summed E-state index contributed by atoms with van der Waals surface area (Å²) in [4.78, 5) is 29.3. The van der Waals surface area contributed by atoms with Crippen molar-refractivity contribution in [3.05, 3.63) is 76.8 Å². The molecule has 2 aromatic rings. The van der Waals surface area contributed by atoms with Crippen LogP contribution in [0.1, 0.15) is 52.9 Å². The van der Waals surface area contributed by atoms with Gasteiger partial charge in [-0.2, -0.15) is 0 Å². The van der Waals surface area contributed by atoms with E-state index in [9.17, 15) is 14.0 Å². The molecule has 0 aliphatic carbocycles. The van der Waals surface area contributed by atoms with Gasteiger partial charge in [-0.15, -0.1) is 10.2 Å². The van der Waals surface area contributed by atoms with Crippen molar-refractivity contribution < 1.29 is 18.7 Å². The maximum Gasteiger partial charge on any atom is 0.320 e. The molecule has 0 saturated carbocycles. The molecule has 4 heterocycles. The van der Waals surface area contributed by atoms with E-state index in [0.717, 1.165) is 54.2 Å². The minimum Gasteiger partial charge on any atom is -0.378 e. The van der Waals surface area contributed by atoms with Crippen LogP contribution < -0.4 is 5.32 Å². The Hall–Kier alpha value is -3.79. The number of aryl methyl sites for hydroxylation is 1. The molecule has 1 aromatic heterocycles. The zero-order valence-corrected chi connectivity index (χ0v) is 21.7. The summed E-state index contributed by atoms with van der Waals surface area (Å²) >= 11 is 0. The number of nitrogens with one attached hydrogen (secondary N) is 1. The van der Waals surface area contributed by atoms with E-state index in [1.807, 2.05) is 13.0 Å². The van der Waals surface area contributed by atoms with Gasteiger partial charge in [-0.3, -0.25) is 4.79 Å². The lowest BCUT2D eigenvalue weighted by Gasteiger charge is -2.35. The lowest BCUT2D eigenvalue weighted by atomic mass is 9.96. The smallest absolute Gasteiger partial charge is 0.320 e. The van der Waals surface area contributed by atoms with Gasteiger partial charge in [-0.25, -0.2) is 9.18 Å². The first-order valence-corrected chi connectivity index (χ1v) is 13.1. The van der Waals surface area contributed by atoms with Crippen molar-refractivity contribution in [2.24, 2.45) is 0 Å². The second kappa shape index (κ2) is 11.3. The lowest BCUT2D eigenvalue weighted by Crippen LogP contribution is -2.49. The van der Waals surface area contributed by atoms with Gasteiger partial charge >= 0.3 is 6.03 Å². The number of allylic oxidation sites excluding steroid dienone is 4. The summed E-state index contributed by atoms with van der Waals surface area (Å²) in [5.41, 5.74) is 2.82. The third-order valence-electron chi connectivity index (χ3n) is 7.23. The SMILES string of the molecule is C=C(/C=C\C=C(/C)c1nnc2n1CCCC2)NC(=O)c1cc2c(cc1F)CCN(C(=O)N1CCOCC1)C2. The van der Waals surface area contributed by atoms with Gasteiger partial charge in [0.2, 0.25) is 0 Å². The monoisotopic (exact) mass is 520 g/mol. The third kappa shape index (κ3) is 5.55. The Morgan fingerprint density at radius 1 is 1.05 bits per heavy atom. The van der Waals surface area contributed by atoms with Crippen molar-refractivity contribution in [2.45, 2.75) is 45.7 Å². The highest BCUT2D eigenvalue weighted by Crippen LogP contribution is 2.24. The highest BCUT2D eigenvalue weighted by molar-refractivity contribution is 5.96. The van der Waals surface area contributed by atoms with E-state index in [0.29, 0.717) is 51.5 Å². The quantitative estimate of drug-likeness (QED) is 0.610. The second-order valence-electron chi connectivity index (χ2n) is 9.89. The van der Waals surface area contributed by atoms with Gasteiger partial charge in [0.05, 0.1) is 18.8 Å². The summed E-state index contributed by atoms with van der Waals surface area (Å²) in [6.45, 7) is 9.80. The summed E-state index contributed by atoms with van der Waals surface area (Å²) in [5.74, 6) is 0.693. The molecule has 9 nitrogen and oxygen atoms in total. The summed E-state index contributed by atoms with van der Waals surface area (Å²) in [6, 6.07) is 2.90. The fourth-order valence-electron chi connectivity index (χ4n) is 5.11. The number of halogens is 1. The molecule has 0 unspecified atom stereocenters. The largest absolute Gasteiger partial charge is 0.378 e. The van der Waals surface area contributed by atoms with Crippen LogP contribution in [0.4, 0.5) is 9.18 Å². The van der Waals surface area contributed by atoms with Crippen molar-refractivity contribution in [1.29, 1.82) is 0 Å². The molecular formula is C28H33FN6O3. The van der Waals surface area contributed by atoms with Gasteiger partial charge < -0.3 is 24.4 Å². The van der Waals surface area contributed by atoms with E-state index in [1.54, 1.807) is 28.0 Å². The van der Waals surface area contributed by atoms with E-state index < -0.39 is 11.7 Å². The highest BCUT2D eigenvalue weighted by atomic mass is 19.1. The van der Waals surface area contributed by atoms with Gasteiger partial charge in [-0.05, 0) is 61.1 Å². The minimum absolute atomic E-state index is 0.0530. The van der Waals surface area contributed by atoms with Crippen molar-refractivity contribution in [3.63, 3.8) is 0 Å². The predicted octanol–water partition coefficient (Wildman–Crippen LogP) is 3.47. The molecule has 3 aliphatic rings. The fraction of sp³-hybridized carbons (Fsp3) is 0.429. The first kappa shape index (κ1) is 25.8. The summed E-state index contributed by atoms with van der Waals surface area (Å²) < 4.78 is 22.3.